The fourth-order valence-corrected chi connectivity index (χ4v) is 3.94. The van der Waals surface area contributed by atoms with Gasteiger partial charge in [0.1, 0.15) is 18.2 Å². The van der Waals surface area contributed by atoms with E-state index in [0.717, 1.165) is 5.56 Å². The largest absolute Gasteiger partial charge is 0.496 e. The maximum Gasteiger partial charge on any atom is 0.407 e. The molecule has 0 spiro atoms. The van der Waals surface area contributed by atoms with E-state index in [9.17, 15) is 9.18 Å². The number of nitrogens with one attached hydrogen (secondary N) is 1. The molecule has 0 saturated heterocycles. The molecule has 3 aromatic rings. The van der Waals surface area contributed by atoms with Gasteiger partial charge in [-0.05, 0) is 40.8 Å². The normalized spacial score (nSPS) is 12.5. The summed E-state index contributed by atoms with van der Waals surface area (Å²) in [5.41, 5.74) is 5.56. The Bertz CT molecular complexity index is 1060. The van der Waals surface area contributed by atoms with E-state index in [1.807, 2.05) is 36.4 Å². The molecule has 0 aliphatic heterocycles. The molecule has 0 bridgehead atoms. The quantitative estimate of drug-likeness (QED) is 0.496. The Morgan fingerprint density at radius 3 is 2.39 bits per heavy atom. The minimum absolute atomic E-state index is 0.0454. The summed E-state index contributed by atoms with van der Waals surface area (Å²) in [5.74, 6) is 0.177. The van der Waals surface area contributed by atoms with Crippen LogP contribution in [0.15, 0.2) is 72.8 Å². The van der Waals surface area contributed by atoms with Gasteiger partial charge in [0.15, 0.2) is 0 Å². The molecular formula is C26H24FNO3. The minimum Gasteiger partial charge on any atom is -0.496 e. The number of carbonyl (C=O) groups excluding carboxylic acids is 1. The first-order valence-corrected chi connectivity index (χ1v) is 10.3. The van der Waals surface area contributed by atoms with Gasteiger partial charge in [0, 0.05) is 24.1 Å². The SMILES string of the molecule is COc1cc(F)ccc1C=CCCNC(=O)OCC1c2ccccc2-c2ccccc21. The van der Waals surface area contributed by atoms with Crippen LogP contribution in [-0.4, -0.2) is 26.4 Å². The second-order valence-corrected chi connectivity index (χ2v) is 7.33. The van der Waals surface area contributed by atoms with E-state index < -0.39 is 6.09 Å². The molecule has 5 heteroatoms. The average Bonchev–Trinajstić information content (AvgIpc) is 3.12. The highest BCUT2D eigenvalue weighted by Gasteiger charge is 2.28. The molecule has 4 rings (SSSR count). The van der Waals surface area contributed by atoms with Crippen molar-refractivity contribution in [2.45, 2.75) is 12.3 Å². The molecule has 31 heavy (non-hydrogen) atoms. The molecule has 0 heterocycles. The van der Waals surface area contributed by atoms with Crippen LogP contribution in [0.2, 0.25) is 0 Å². The molecule has 0 atom stereocenters. The average molecular weight is 417 g/mol. The van der Waals surface area contributed by atoms with Crippen molar-refractivity contribution in [2.24, 2.45) is 0 Å². The van der Waals surface area contributed by atoms with Gasteiger partial charge in [-0.3, -0.25) is 0 Å². The summed E-state index contributed by atoms with van der Waals surface area (Å²) in [7, 11) is 1.50. The standard InChI is InChI=1S/C26H24FNO3/c1-30-25-16-19(27)14-13-18(25)8-6-7-15-28-26(29)31-17-24-22-11-4-2-9-20(22)21-10-3-5-12-23(21)24/h2-6,8-14,16,24H,7,15,17H2,1H3,(H,28,29). The molecular weight excluding hydrogens is 393 g/mol. The van der Waals surface area contributed by atoms with Crippen molar-refractivity contribution < 1.29 is 18.7 Å². The molecule has 0 fully saturated rings. The summed E-state index contributed by atoms with van der Waals surface area (Å²) in [4.78, 5) is 12.2. The summed E-state index contributed by atoms with van der Waals surface area (Å²) in [6.45, 7) is 0.735. The highest BCUT2D eigenvalue weighted by molar-refractivity contribution is 5.79. The molecule has 0 saturated carbocycles. The van der Waals surface area contributed by atoms with Gasteiger partial charge < -0.3 is 14.8 Å². The van der Waals surface area contributed by atoms with Crippen LogP contribution >= 0.6 is 0 Å². The minimum atomic E-state index is -0.436. The lowest BCUT2D eigenvalue weighted by atomic mass is 9.98. The van der Waals surface area contributed by atoms with Gasteiger partial charge in [-0.1, -0.05) is 60.7 Å². The third kappa shape index (κ3) is 4.61. The zero-order valence-corrected chi connectivity index (χ0v) is 17.3. The van der Waals surface area contributed by atoms with E-state index in [1.54, 1.807) is 6.07 Å². The number of methoxy groups -OCH3 is 1. The van der Waals surface area contributed by atoms with Gasteiger partial charge in [0.05, 0.1) is 7.11 Å². The highest BCUT2D eigenvalue weighted by atomic mass is 19.1. The molecule has 1 N–H and O–H groups in total. The molecule has 4 nitrogen and oxygen atoms in total. The molecule has 3 aromatic carbocycles. The number of hydrogen-bond donors (Lipinski definition) is 1. The topological polar surface area (TPSA) is 47.6 Å². The summed E-state index contributed by atoms with van der Waals surface area (Å²) < 4.78 is 23.9. The van der Waals surface area contributed by atoms with Crippen LogP contribution in [0.1, 0.15) is 29.0 Å². The summed E-state index contributed by atoms with van der Waals surface area (Å²) >= 11 is 0. The van der Waals surface area contributed by atoms with E-state index in [-0.39, 0.29) is 11.7 Å². The molecule has 1 amide bonds. The summed E-state index contributed by atoms with van der Waals surface area (Å²) in [6.07, 6.45) is 3.93. The Hall–Kier alpha value is -3.60. The van der Waals surface area contributed by atoms with Crippen LogP contribution in [0.3, 0.4) is 0 Å². The first-order valence-electron chi connectivity index (χ1n) is 10.3. The molecule has 0 unspecified atom stereocenters. The maximum atomic E-state index is 13.2. The predicted molar refractivity (Wildman–Crippen MR) is 120 cm³/mol. The fourth-order valence-electron chi connectivity index (χ4n) is 3.94. The van der Waals surface area contributed by atoms with Crippen LogP contribution in [0.25, 0.3) is 17.2 Å². The van der Waals surface area contributed by atoms with E-state index >= 15 is 0 Å². The fraction of sp³-hybridized carbons (Fsp3) is 0.192. The Kier molecular flexibility index (Phi) is 6.32. The summed E-state index contributed by atoms with van der Waals surface area (Å²) in [5, 5.41) is 2.77. The Morgan fingerprint density at radius 1 is 1.03 bits per heavy atom. The number of amides is 1. The van der Waals surface area contributed by atoms with Gasteiger partial charge in [-0.25, -0.2) is 9.18 Å². The van der Waals surface area contributed by atoms with E-state index in [1.165, 1.54) is 41.5 Å². The number of carbonyl (C=O) groups is 1. The van der Waals surface area contributed by atoms with Crippen molar-refractivity contribution in [3.8, 4) is 16.9 Å². The van der Waals surface area contributed by atoms with Crippen LogP contribution in [-0.2, 0) is 4.74 Å². The molecule has 158 valence electrons. The van der Waals surface area contributed by atoms with E-state index in [0.29, 0.717) is 25.3 Å². The number of benzene rings is 3. The third-order valence-electron chi connectivity index (χ3n) is 5.42. The second kappa shape index (κ2) is 9.47. The molecule has 1 aliphatic carbocycles. The third-order valence-corrected chi connectivity index (χ3v) is 5.42. The van der Waals surface area contributed by atoms with Gasteiger partial charge >= 0.3 is 6.09 Å². The van der Waals surface area contributed by atoms with Crippen LogP contribution < -0.4 is 10.1 Å². The molecule has 0 radical (unpaired) electrons. The van der Waals surface area contributed by atoms with Gasteiger partial charge in [-0.2, -0.15) is 0 Å². The van der Waals surface area contributed by atoms with E-state index in [4.69, 9.17) is 9.47 Å². The number of ether oxygens (including phenoxy) is 2. The zero-order valence-electron chi connectivity index (χ0n) is 17.3. The Morgan fingerprint density at radius 2 is 1.71 bits per heavy atom. The van der Waals surface area contributed by atoms with E-state index in [2.05, 4.69) is 29.6 Å². The number of halogens is 1. The van der Waals surface area contributed by atoms with Crippen molar-refractivity contribution in [2.75, 3.05) is 20.3 Å². The maximum absolute atomic E-state index is 13.2. The Labute approximate surface area is 181 Å². The Balaban J connectivity index is 1.28. The van der Waals surface area contributed by atoms with Gasteiger partial charge in [0.25, 0.3) is 0 Å². The number of alkyl carbamates (subject to hydrolysis) is 1. The first kappa shape index (κ1) is 20.7. The lowest BCUT2D eigenvalue weighted by Gasteiger charge is -2.14. The van der Waals surface area contributed by atoms with Crippen molar-refractivity contribution in [1.29, 1.82) is 0 Å². The first-order chi connectivity index (χ1) is 15.2. The van der Waals surface area contributed by atoms with Crippen LogP contribution in [0, 0.1) is 5.82 Å². The van der Waals surface area contributed by atoms with Gasteiger partial charge in [-0.15, -0.1) is 0 Å². The van der Waals surface area contributed by atoms with Crippen molar-refractivity contribution in [3.63, 3.8) is 0 Å². The molecule has 1 aliphatic rings. The van der Waals surface area contributed by atoms with Crippen molar-refractivity contribution in [3.05, 3.63) is 95.3 Å². The lowest BCUT2D eigenvalue weighted by Crippen LogP contribution is -2.26. The van der Waals surface area contributed by atoms with Crippen LogP contribution in [0.5, 0.6) is 5.75 Å². The smallest absolute Gasteiger partial charge is 0.407 e. The second-order valence-electron chi connectivity index (χ2n) is 7.33. The number of rotatable bonds is 7. The van der Waals surface area contributed by atoms with Crippen molar-refractivity contribution >= 4 is 12.2 Å². The summed E-state index contributed by atoms with van der Waals surface area (Å²) in [6, 6.07) is 20.9. The number of fused-ring (bicyclic) bond motifs is 3. The highest BCUT2D eigenvalue weighted by Crippen LogP contribution is 2.44. The lowest BCUT2D eigenvalue weighted by molar-refractivity contribution is 0.143. The van der Waals surface area contributed by atoms with Crippen LogP contribution in [0.4, 0.5) is 9.18 Å². The zero-order chi connectivity index (χ0) is 21.6. The van der Waals surface area contributed by atoms with Gasteiger partial charge in [0.2, 0.25) is 0 Å². The molecule has 0 aromatic heterocycles. The van der Waals surface area contributed by atoms with Crippen molar-refractivity contribution in [1.82, 2.24) is 5.32 Å². The number of hydrogen-bond acceptors (Lipinski definition) is 3. The predicted octanol–water partition coefficient (Wildman–Crippen LogP) is 5.78. The monoisotopic (exact) mass is 417 g/mol.